The van der Waals surface area contributed by atoms with E-state index in [9.17, 15) is 4.79 Å². The molecule has 0 aliphatic heterocycles. The Morgan fingerprint density at radius 3 is 2.50 bits per heavy atom. The number of hydrogen-bond donors (Lipinski definition) is 0. The predicted molar refractivity (Wildman–Crippen MR) is 66.0 cm³/mol. The number of nitrogens with zero attached hydrogens (tertiary/aromatic N) is 2. The van der Waals surface area contributed by atoms with E-state index in [-0.39, 0.29) is 5.78 Å². The number of Topliss-reactive ketones (excluding diaryl/α,β-unsaturated/α-hetero) is 1. The summed E-state index contributed by atoms with van der Waals surface area (Å²) in [5.74, 6) is 0.0900. The molecule has 0 atom stereocenters. The lowest BCUT2D eigenvalue weighted by molar-refractivity contribution is 0.102. The van der Waals surface area contributed by atoms with Gasteiger partial charge < -0.3 is 4.57 Å². The monoisotopic (exact) mass is 234 g/mol. The number of carbonyl (C=O) groups excluding carboxylic acids is 1. The van der Waals surface area contributed by atoms with Gasteiger partial charge in [-0.1, -0.05) is 0 Å². The lowest BCUT2D eigenvalue weighted by Gasteiger charge is -2.00. The first-order valence-corrected chi connectivity index (χ1v) is 5.93. The molecule has 0 spiro atoms. The van der Waals surface area contributed by atoms with E-state index in [1.165, 1.54) is 17.0 Å². The average molecular weight is 234 g/mol. The van der Waals surface area contributed by atoms with Crippen molar-refractivity contribution in [2.24, 2.45) is 7.05 Å². The van der Waals surface area contributed by atoms with Crippen LogP contribution in [0.15, 0.2) is 12.1 Å². The molecule has 0 unspecified atom stereocenters. The molecule has 0 amide bonds. The molecule has 0 saturated carbocycles. The van der Waals surface area contributed by atoms with Crippen molar-refractivity contribution < 1.29 is 4.79 Å². The molecule has 0 aliphatic rings. The van der Waals surface area contributed by atoms with Crippen LogP contribution in [0.5, 0.6) is 0 Å². The highest BCUT2D eigenvalue weighted by Crippen LogP contribution is 2.28. The van der Waals surface area contributed by atoms with Crippen molar-refractivity contribution in [1.29, 1.82) is 0 Å². The maximum atomic E-state index is 11.4. The number of rotatable bonds is 2. The van der Waals surface area contributed by atoms with Crippen LogP contribution in [0.25, 0.3) is 10.7 Å². The first-order chi connectivity index (χ1) is 7.50. The molecule has 4 heteroatoms. The van der Waals surface area contributed by atoms with Crippen LogP contribution >= 0.6 is 11.3 Å². The van der Waals surface area contributed by atoms with Gasteiger partial charge in [-0.15, -0.1) is 11.3 Å². The minimum atomic E-state index is 0.0900. The van der Waals surface area contributed by atoms with Gasteiger partial charge in [-0.05, 0) is 26.0 Å². The van der Waals surface area contributed by atoms with Gasteiger partial charge in [0.15, 0.2) is 5.78 Å². The van der Waals surface area contributed by atoms with Crippen LogP contribution in [-0.4, -0.2) is 15.3 Å². The molecule has 16 heavy (non-hydrogen) atoms. The summed E-state index contributed by atoms with van der Waals surface area (Å²) in [6.07, 6.45) is 0. The largest absolute Gasteiger partial charge is 0.346 e. The van der Waals surface area contributed by atoms with Crippen LogP contribution in [0.3, 0.4) is 0 Å². The molecular formula is C12H14N2OS. The van der Waals surface area contributed by atoms with Gasteiger partial charge >= 0.3 is 0 Å². The number of carbonyl (C=O) groups is 1. The zero-order valence-corrected chi connectivity index (χ0v) is 10.7. The van der Waals surface area contributed by atoms with E-state index >= 15 is 0 Å². The van der Waals surface area contributed by atoms with E-state index in [2.05, 4.69) is 22.5 Å². The lowest BCUT2D eigenvalue weighted by Crippen LogP contribution is -1.92. The Labute approximate surface area is 98.8 Å². The standard InChI is InChI=1S/C12H14N2OS/c1-7-5-6-10(14(7)4)12-13-8(2)11(16-12)9(3)15/h5-6H,1-4H3. The molecule has 2 rings (SSSR count). The van der Waals surface area contributed by atoms with Gasteiger partial charge in [0, 0.05) is 19.7 Å². The fourth-order valence-electron chi connectivity index (χ4n) is 1.66. The predicted octanol–water partition coefficient (Wildman–Crippen LogP) is 2.97. The molecule has 84 valence electrons. The fraction of sp³-hybridized carbons (Fsp3) is 0.333. The zero-order valence-electron chi connectivity index (χ0n) is 9.87. The molecule has 2 aromatic rings. The number of aromatic nitrogens is 2. The second kappa shape index (κ2) is 3.87. The molecular weight excluding hydrogens is 220 g/mol. The normalized spacial score (nSPS) is 10.8. The summed E-state index contributed by atoms with van der Waals surface area (Å²) >= 11 is 1.47. The summed E-state index contributed by atoms with van der Waals surface area (Å²) in [5, 5.41) is 0.915. The van der Waals surface area contributed by atoms with Gasteiger partial charge in [-0.3, -0.25) is 4.79 Å². The first kappa shape index (κ1) is 11.1. The summed E-state index contributed by atoms with van der Waals surface area (Å²) in [6.45, 7) is 5.52. The molecule has 2 heterocycles. The average Bonchev–Trinajstić information content (AvgIpc) is 2.73. The summed E-state index contributed by atoms with van der Waals surface area (Å²) in [4.78, 5) is 16.6. The number of hydrogen-bond acceptors (Lipinski definition) is 3. The maximum Gasteiger partial charge on any atom is 0.171 e. The fourth-order valence-corrected chi connectivity index (χ4v) is 2.68. The second-order valence-electron chi connectivity index (χ2n) is 3.91. The van der Waals surface area contributed by atoms with Gasteiger partial charge in [-0.25, -0.2) is 4.98 Å². The third-order valence-corrected chi connectivity index (χ3v) is 3.99. The second-order valence-corrected chi connectivity index (χ2v) is 4.91. The highest BCUT2D eigenvalue weighted by molar-refractivity contribution is 7.17. The molecule has 0 aromatic carbocycles. The molecule has 0 aliphatic carbocycles. The maximum absolute atomic E-state index is 11.4. The third kappa shape index (κ3) is 1.69. The number of thiazole rings is 1. The Balaban J connectivity index is 2.53. The molecule has 0 saturated heterocycles. The molecule has 2 aromatic heterocycles. The minimum Gasteiger partial charge on any atom is -0.346 e. The summed E-state index contributed by atoms with van der Waals surface area (Å²) in [5.41, 5.74) is 3.08. The van der Waals surface area contributed by atoms with E-state index in [0.717, 1.165) is 21.3 Å². The van der Waals surface area contributed by atoms with Crippen LogP contribution < -0.4 is 0 Å². The number of ketones is 1. The number of aryl methyl sites for hydroxylation is 2. The van der Waals surface area contributed by atoms with Crippen molar-refractivity contribution in [3.05, 3.63) is 28.4 Å². The summed E-state index contributed by atoms with van der Waals surface area (Å²) < 4.78 is 2.09. The Kier molecular flexibility index (Phi) is 2.68. The van der Waals surface area contributed by atoms with Crippen molar-refractivity contribution >= 4 is 17.1 Å². The SMILES string of the molecule is CC(=O)c1sc(-c2ccc(C)n2C)nc1C. The lowest BCUT2D eigenvalue weighted by atomic mass is 10.3. The Morgan fingerprint density at radius 2 is 2.06 bits per heavy atom. The molecule has 0 radical (unpaired) electrons. The van der Waals surface area contributed by atoms with E-state index in [1.54, 1.807) is 6.92 Å². The summed E-state index contributed by atoms with van der Waals surface area (Å²) in [6, 6.07) is 4.09. The Bertz CT molecular complexity index is 551. The smallest absolute Gasteiger partial charge is 0.171 e. The van der Waals surface area contributed by atoms with Crippen molar-refractivity contribution in [2.45, 2.75) is 20.8 Å². The van der Waals surface area contributed by atoms with E-state index < -0.39 is 0 Å². The molecule has 0 bridgehead atoms. The molecule has 0 N–H and O–H groups in total. The van der Waals surface area contributed by atoms with Gasteiger partial charge in [0.1, 0.15) is 5.01 Å². The van der Waals surface area contributed by atoms with Crippen LogP contribution in [0.4, 0.5) is 0 Å². The topological polar surface area (TPSA) is 34.9 Å². The van der Waals surface area contributed by atoms with Crippen molar-refractivity contribution in [3.63, 3.8) is 0 Å². The minimum absolute atomic E-state index is 0.0900. The highest BCUT2D eigenvalue weighted by atomic mass is 32.1. The van der Waals surface area contributed by atoms with Gasteiger partial charge in [-0.2, -0.15) is 0 Å². The van der Waals surface area contributed by atoms with Crippen molar-refractivity contribution in [2.75, 3.05) is 0 Å². The molecule has 0 fully saturated rings. The zero-order chi connectivity index (χ0) is 11.9. The first-order valence-electron chi connectivity index (χ1n) is 5.11. The van der Waals surface area contributed by atoms with Crippen LogP contribution in [0.2, 0.25) is 0 Å². The highest BCUT2D eigenvalue weighted by Gasteiger charge is 2.14. The Morgan fingerprint density at radius 1 is 1.38 bits per heavy atom. The van der Waals surface area contributed by atoms with Crippen molar-refractivity contribution in [3.8, 4) is 10.7 Å². The van der Waals surface area contributed by atoms with Crippen LogP contribution in [-0.2, 0) is 7.05 Å². The van der Waals surface area contributed by atoms with E-state index in [1.807, 2.05) is 20.0 Å². The Hall–Kier alpha value is -1.42. The van der Waals surface area contributed by atoms with Crippen molar-refractivity contribution in [1.82, 2.24) is 9.55 Å². The van der Waals surface area contributed by atoms with Crippen LogP contribution in [0, 0.1) is 13.8 Å². The van der Waals surface area contributed by atoms with Gasteiger partial charge in [0.05, 0.1) is 16.3 Å². The van der Waals surface area contributed by atoms with Gasteiger partial charge in [0.2, 0.25) is 0 Å². The third-order valence-electron chi connectivity index (χ3n) is 2.71. The van der Waals surface area contributed by atoms with Crippen LogP contribution in [0.1, 0.15) is 28.0 Å². The van der Waals surface area contributed by atoms with E-state index in [4.69, 9.17) is 0 Å². The summed E-state index contributed by atoms with van der Waals surface area (Å²) in [7, 11) is 2.01. The quantitative estimate of drug-likeness (QED) is 0.749. The molecule has 3 nitrogen and oxygen atoms in total. The van der Waals surface area contributed by atoms with Gasteiger partial charge in [0.25, 0.3) is 0 Å². The van der Waals surface area contributed by atoms with E-state index in [0.29, 0.717) is 0 Å².